The maximum Gasteiger partial charge on any atom is 0.304 e. The maximum absolute atomic E-state index is 10.6. The molecule has 0 bridgehead atoms. The van der Waals surface area contributed by atoms with Gasteiger partial charge in [-0.1, -0.05) is 62.8 Å². The highest BCUT2D eigenvalue weighted by molar-refractivity contribution is 5.89. The second-order valence-corrected chi connectivity index (χ2v) is 9.91. The van der Waals surface area contributed by atoms with Crippen molar-refractivity contribution in [1.82, 2.24) is 0 Å². The Balaban J connectivity index is 0.000000270. The van der Waals surface area contributed by atoms with Crippen molar-refractivity contribution in [3.63, 3.8) is 0 Å². The lowest BCUT2D eigenvalue weighted by Gasteiger charge is -2.32. The van der Waals surface area contributed by atoms with Gasteiger partial charge in [-0.3, -0.25) is 9.59 Å². The zero-order valence-electron chi connectivity index (χ0n) is 21.0. The number of carbonyl (C=O) groups is 4. The van der Waals surface area contributed by atoms with Gasteiger partial charge in [-0.2, -0.15) is 0 Å². The molecule has 10 nitrogen and oxygen atoms in total. The number of carboxylic acid groups (broad SMARTS) is 4. The highest BCUT2D eigenvalue weighted by atomic mass is 16.4. The summed E-state index contributed by atoms with van der Waals surface area (Å²) in [7, 11) is 0. The number of benzene rings is 1. The molecule has 0 spiro atoms. The smallest absolute Gasteiger partial charge is 0.304 e. The van der Waals surface area contributed by atoms with Crippen LogP contribution in [0.5, 0.6) is 0 Å². The molecule has 0 aromatic heterocycles. The Hall–Kier alpha value is -2.98. The quantitative estimate of drug-likeness (QED) is 0.366. The van der Waals surface area contributed by atoms with Crippen LogP contribution in [0.1, 0.15) is 97.8 Å². The van der Waals surface area contributed by atoms with Crippen LogP contribution in [0.4, 0.5) is 0 Å². The predicted molar refractivity (Wildman–Crippen MR) is 126 cm³/mol. The molecular weight excluding hydrogens is 468 g/mol. The van der Waals surface area contributed by atoms with E-state index < -0.39 is 23.9 Å². The molecule has 1 aromatic carbocycles. The van der Waals surface area contributed by atoms with E-state index in [1.807, 2.05) is 0 Å². The second-order valence-electron chi connectivity index (χ2n) is 9.91. The zero-order chi connectivity index (χ0) is 27.2. The van der Waals surface area contributed by atoms with Crippen LogP contribution in [-0.2, 0) is 9.59 Å². The monoisotopic (exact) mass is 508 g/mol. The molecule has 0 atom stereocenters. The molecule has 36 heavy (non-hydrogen) atoms. The first-order valence-corrected chi connectivity index (χ1v) is 12.5. The first-order chi connectivity index (χ1) is 17.0. The van der Waals surface area contributed by atoms with Gasteiger partial charge in [-0.05, 0) is 36.8 Å². The molecular formula is C26H40N2O8. The summed E-state index contributed by atoms with van der Waals surface area (Å²) < 4.78 is 0. The maximum atomic E-state index is 10.6. The van der Waals surface area contributed by atoms with E-state index in [0.29, 0.717) is 12.8 Å². The minimum absolute atomic E-state index is 0.0318. The third-order valence-electron chi connectivity index (χ3n) is 7.30. The molecule has 2 aliphatic rings. The van der Waals surface area contributed by atoms with Crippen LogP contribution < -0.4 is 21.7 Å². The third-order valence-corrected chi connectivity index (χ3v) is 7.30. The average molecular weight is 509 g/mol. The normalized spacial score (nSPS) is 17.8. The number of aliphatic carboxylic acids is 2. The van der Waals surface area contributed by atoms with Gasteiger partial charge in [0.15, 0.2) is 0 Å². The Morgan fingerprint density at radius 2 is 0.917 bits per heavy atom. The number of carboxylic acids is 4. The molecule has 202 valence electrons. The summed E-state index contributed by atoms with van der Waals surface area (Å²) in [6.07, 6.45) is 12.1. The Morgan fingerprint density at radius 3 is 1.11 bits per heavy atom. The summed E-state index contributed by atoms with van der Waals surface area (Å²) >= 11 is 0. The van der Waals surface area contributed by atoms with Gasteiger partial charge in [0.2, 0.25) is 0 Å². The molecule has 1 aromatic rings. The lowest BCUT2D eigenvalue weighted by Crippen LogP contribution is -2.59. The van der Waals surface area contributed by atoms with Gasteiger partial charge < -0.3 is 41.5 Å². The fourth-order valence-electron chi connectivity index (χ4n) is 5.02. The number of aromatic carboxylic acids is 2. The van der Waals surface area contributed by atoms with Crippen LogP contribution in [-0.4, -0.2) is 47.2 Å². The van der Waals surface area contributed by atoms with E-state index in [0.717, 1.165) is 63.0 Å². The van der Waals surface area contributed by atoms with Gasteiger partial charge in [0.1, 0.15) is 0 Å². The second kappa shape index (κ2) is 15.2. The number of carbonyl (C=O) groups excluding carboxylic acids is 2. The fourth-order valence-corrected chi connectivity index (χ4v) is 5.02. The summed E-state index contributed by atoms with van der Waals surface area (Å²) in [6, 6.07) is 4.61. The third kappa shape index (κ3) is 10.7. The van der Waals surface area contributed by atoms with Crippen LogP contribution in [0.3, 0.4) is 0 Å². The van der Waals surface area contributed by atoms with Crippen LogP contribution in [0, 0.1) is 10.8 Å². The van der Waals surface area contributed by atoms with Gasteiger partial charge in [-0.25, -0.2) is 0 Å². The summed E-state index contributed by atoms with van der Waals surface area (Å²) in [4.78, 5) is 41.6. The number of rotatable bonds is 8. The first kappa shape index (κ1) is 31.1. The molecule has 8 N–H and O–H groups in total. The Labute approximate surface area is 211 Å². The lowest BCUT2D eigenvalue weighted by atomic mass is 9.72. The lowest BCUT2D eigenvalue weighted by molar-refractivity contribution is -0.395. The highest BCUT2D eigenvalue weighted by Gasteiger charge is 2.35. The molecule has 0 saturated heterocycles. The Morgan fingerprint density at radius 1 is 0.639 bits per heavy atom. The summed E-state index contributed by atoms with van der Waals surface area (Å²) in [5.41, 5.74) is 7.70. The molecule has 0 aliphatic heterocycles. The molecule has 2 fully saturated rings. The van der Waals surface area contributed by atoms with Gasteiger partial charge in [0, 0.05) is 10.8 Å². The fraction of sp³-hybridized carbons (Fsp3) is 0.615. The molecule has 0 amide bonds. The molecule has 0 heterocycles. The number of hydrogen-bond acceptors (Lipinski definition) is 6. The van der Waals surface area contributed by atoms with Gasteiger partial charge in [0.25, 0.3) is 0 Å². The highest BCUT2D eigenvalue weighted by Crippen LogP contribution is 2.38. The minimum Gasteiger partial charge on any atom is -0.545 e. The van der Waals surface area contributed by atoms with E-state index in [1.54, 1.807) is 0 Å². The molecule has 2 aliphatic carbocycles. The van der Waals surface area contributed by atoms with Crippen LogP contribution >= 0.6 is 0 Å². The first-order valence-electron chi connectivity index (χ1n) is 12.5. The SMILES string of the molecule is O=C([O-])c1ccc(C(=O)[O-])cc1.[NH3+]CC1(CC(=O)O)CCCCC1.[NH3+]CC1(CC(=O)O)CCCCC1. The van der Waals surface area contributed by atoms with E-state index in [9.17, 15) is 29.4 Å². The van der Waals surface area contributed by atoms with Gasteiger partial charge in [-0.15, -0.1) is 0 Å². The Kier molecular flexibility index (Phi) is 13.1. The van der Waals surface area contributed by atoms with Crippen molar-refractivity contribution in [3.05, 3.63) is 35.4 Å². The van der Waals surface area contributed by atoms with Crippen molar-refractivity contribution in [2.45, 2.75) is 77.0 Å². The van der Waals surface area contributed by atoms with Crippen molar-refractivity contribution >= 4 is 23.9 Å². The molecule has 10 heteroatoms. The van der Waals surface area contributed by atoms with Crippen molar-refractivity contribution in [1.29, 1.82) is 0 Å². The van der Waals surface area contributed by atoms with Gasteiger partial charge in [0.05, 0.1) is 37.9 Å². The zero-order valence-corrected chi connectivity index (χ0v) is 21.0. The van der Waals surface area contributed by atoms with E-state index in [-0.39, 0.29) is 22.0 Å². The molecule has 0 unspecified atom stereocenters. The van der Waals surface area contributed by atoms with Crippen molar-refractivity contribution < 1.29 is 51.1 Å². The average Bonchev–Trinajstić information content (AvgIpc) is 2.85. The summed E-state index contributed by atoms with van der Waals surface area (Å²) in [5.74, 6) is -4.00. The largest absolute Gasteiger partial charge is 0.545 e. The van der Waals surface area contributed by atoms with Crippen LogP contribution in [0.2, 0.25) is 0 Å². The van der Waals surface area contributed by atoms with Crippen molar-refractivity contribution in [3.8, 4) is 0 Å². The number of hydrogen-bond donors (Lipinski definition) is 4. The van der Waals surface area contributed by atoms with Crippen LogP contribution in [0.15, 0.2) is 24.3 Å². The van der Waals surface area contributed by atoms with Gasteiger partial charge >= 0.3 is 11.9 Å². The Bertz CT molecular complexity index is 786. The van der Waals surface area contributed by atoms with Crippen LogP contribution in [0.25, 0.3) is 0 Å². The molecule has 2 saturated carbocycles. The molecule has 0 radical (unpaired) electrons. The van der Waals surface area contributed by atoms with E-state index in [2.05, 4.69) is 11.5 Å². The predicted octanol–water partition coefficient (Wildman–Crippen LogP) is -0.279. The van der Waals surface area contributed by atoms with Crippen molar-refractivity contribution in [2.24, 2.45) is 10.8 Å². The minimum atomic E-state index is -1.33. The molecule has 3 rings (SSSR count). The standard InChI is InChI=1S/2C9H17NO2.C8H6O4/c2*10-7-9(6-8(11)12)4-2-1-3-5-9;9-7(10)5-1-2-6(4-3-5)8(11)12/h2*1-7,10H2,(H,11,12);1-4H,(H,9,10)(H,11,12). The van der Waals surface area contributed by atoms with E-state index in [4.69, 9.17) is 10.2 Å². The summed E-state index contributed by atoms with van der Waals surface area (Å²) in [6.45, 7) is 1.55. The van der Waals surface area contributed by atoms with E-state index in [1.165, 1.54) is 38.5 Å². The van der Waals surface area contributed by atoms with Crippen molar-refractivity contribution in [2.75, 3.05) is 13.1 Å². The van der Waals surface area contributed by atoms with E-state index >= 15 is 0 Å². The topological polar surface area (TPSA) is 210 Å². The summed E-state index contributed by atoms with van der Waals surface area (Å²) in [5, 5.41) is 37.9. The number of quaternary nitrogens is 2.